The minimum Gasteiger partial charge on any atom is -0.370 e. The summed E-state index contributed by atoms with van der Waals surface area (Å²) < 4.78 is 0. The molecular weight excluding hydrogens is 220 g/mol. The molecule has 0 spiro atoms. The Bertz CT molecular complexity index is 334. The number of para-hydroxylation sites is 1. The lowest BCUT2D eigenvalue weighted by Crippen LogP contribution is -2.46. The quantitative estimate of drug-likeness (QED) is 0.857. The number of hydrogen-bond acceptors (Lipinski definition) is 2. The van der Waals surface area contributed by atoms with Crippen molar-refractivity contribution in [1.29, 1.82) is 0 Å². The Balaban J connectivity index is 1.81. The second-order valence-electron chi connectivity index (χ2n) is 5.76. The van der Waals surface area contributed by atoms with Gasteiger partial charge in [-0.2, -0.15) is 0 Å². The number of hydrogen-bond donors (Lipinski definition) is 1. The Morgan fingerprint density at radius 2 is 2.06 bits per heavy atom. The molecule has 1 aliphatic heterocycles. The van der Waals surface area contributed by atoms with Crippen molar-refractivity contribution in [3.8, 4) is 0 Å². The number of nitrogens with one attached hydrogen (secondary N) is 1. The van der Waals surface area contributed by atoms with Gasteiger partial charge in [-0.1, -0.05) is 32.0 Å². The van der Waals surface area contributed by atoms with Crippen LogP contribution in [0.15, 0.2) is 30.3 Å². The van der Waals surface area contributed by atoms with Gasteiger partial charge in [0, 0.05) is 24.8 Å². The fraction of sp³-hybridized carbons (Fsp3) is 0.625. The molecule has 18 heavy (non-hydrogen) atoms. The van der Waals surface area contributed by atoms with Crippen LogP contribution in [0.25, 0.3) is 0 Å². The third-order valence-electron chi connectivity index (χ3n) is 3.70. The largest absolute Gasteiger partial charge is 0.370 e. The topological polar surface area (TPSA) is 15.3 Å². The molecule has 100 valence electrons. The maximum Gasteiger partial charge on any atom is 0.0366 e. The molecule has 2 rings (SSSR count). The van der Waals surface area contributed by atoms with E-state index in [1.165, 1.54) is 31.5 Å². The van der Waals surface area contributed by atoms with Gasteiger partial charge in [-0.25, -0.2) is 0 Å². The van der Waals surface area contributed by atoms with E-state index < -0.39 is 0 Å². The molecule has 0 saturated carbocycles. The fourth-order valence-corrected chi connectivity index (χ4v) is 2.59. The highest BCUT2D eigenvalue weighted by atomic mass is 15.2. The monoisotopic (exact) mass is 246 g/mol. The minimum absolute atomic E-state index is 0.665. The van der Waals surface area contributed by atoms with Crippen LogP contribution in [0.2, 0.25) is 0 Å². The van der Waals surface area contributed by atoms with Gasteiger partial charge in [-0.15, -0.1) is 0 Å². The van der Waals surface area contributed by atoms with Gasteiger partial charge < -0.3 is 10.2 Å². The number of nitrogens with zero attached hydrogens (tertiary/aromatic N) is 1. The average Bonchev–Trinajstić information content (AvgIpc) is 2.40. The third kappa shape index (κ3) is 4.02. The lowest BCUT2D eigenvalue weighted by molar-refractivity contribution is 0.406. The van der Waals surface area contributed by atoms with Crippen molar-refractivity contribution >= 4 is 5.69 Å². The van der Waals surface area contributed by atoms with Gasteiger partial charge in [0.05, 0.1) is 0 Å². The van der Waals surface area contributed by atoms with Gasteiger partial charge in [0.1, 0.15) is 0 Å². The molecule has 2 heteroatoms. The van der Waals surface area contributed by atoms with Crippen LogP contribution in [-0.4, -0.2) is 25.7 Å². The summed E-state index contributed by atoms with van der Waals surface area (Å²) in [6.07, 6.45) is 3.90. The first kappa shape index (κ1) is 13.4. The molecule has 1 N–H and O–H groups in total. The van der Waals surface area contributed by atoms with Crippen LogP contribution in [0.5, 0.6) is 0 Å². The summed E-state index contributed by atoms with van der Waals surface area (Å²) in [7, 11) is 0. The minimum atomic E-state index is 0.665. The predicted molar refractivity (Wildman–Crippen MR) is 79.1 cm³/mol. The van der Waals surface area contributed by atoms with E-state index in [1.54, 1.807) is 0 Å². The second kappa shape index (κ2) is 6.79. The predicted octanol–water partition coefficient (Wildman–Crippen LogP) is 3.29. The summed E-state index contributed by atoms with van der Waals surface area (Å²) in [6, 6.07) is 11.5. The van der Waals surface area contributed by atoms with Crippen LogP contribution in [0.4, 0.5) is 5.69 Å². The molecule has 0 bridgehead atoms. The highest BCUT2D eigenvalue weighted by Crippen LogP contribution is 2.19. The number of anilines is 1. The average molecular weight is 246 g/mol. The molecule has 1 aromatic carbocycles. The van der Waals surface area contributed by atoms with Gasteiger partial charge in [-0.05, 0) is 43.9 Å². The maximum atomic E-state index is 3.71. The highest BCUT2D eigenvalue weighted by Gasteiger charge is 2.19. The van der Waals surface area contributed by atoms with Crippen LogP contribution in [0.3, 0.4) is 0 Å². The molecule has 1 aromatic rings. The highest BCUT2D eigenvalue weighted by molar-refractivity contribution is 5.46. The van der Waals surface area contributed by atoms with Crippen LogP contribution < -0.4 is 10.2 Å². The van der Waals surface area contributed by atoms with Gasteiger partial charge in [0.15, 0.2) is 0 Å². The zero-order chi connectivity index (χ0) is 12.8. The van der Waals surface area contributed by atoms with Crippen molar-refractivity contribution in [2.24, 2.45) is 5.92 Å². The van der Waals surface area contributed by atoms with E-state index in [0.717, 1.165) is 19.0 Å². The molecule has 0 aliphatic carbocycles. The Morgan fingerprint density at radius 3 is 2.78 bits per heavy atom. The summed E-state index contributed by atoms with van der Waals surface area (Å²) in [6.45, 7) is 8.09. The van der Waals surface area contributed by atoms with Crippen molar-refractivity contribution in [3.63, 3.8) is 0 Å². The van der Waals surface area contributed by atoms with Crippen LogP contribution in [0, 0.1) is 5.92 Å². The second-order valence-corrected chi connectivity index (χ2v) is 5.76. The maximum absolute atomic E-state index is 3.71. The Morgan fingerprint density at radius 1 is 1.28 bits per heavy atom. The van der Waals surface area contributed by atoms with E-state index in [1.807, 2.05) is 0 Å². The van der Waals surface area contributed by atoms with E-state index in [2.05, 4.69) is 54.4 Å². The smallest absolute Gasteiger partial charge is 0.0366 e. The van der Waals surface area contributed by atoms with Gasteiger partial charge >= 0.3 is 0 Å². The lowest BCUT2D eigenvalue weighted by Gasteiger charge is -2.35. The molecule has 1 unspecified atom stereocenters. The molecule has 1 aliphatic rings. The van der Waals surface area contributed by atoms with E-state index in [9.17, 15) is 0 Å². The van der Waals surface area contributed by atoms with Crippen LogP contribution >= 0.6 is 0 Å². The first-order valence-electron chi connectivity index (χ1n) is 7.29. The van der Waals surface area contributed by atoms with E-state index in [4.69, 9.17) is 0 Å². The summed E-state index contributed by atoms with van der Waals surface area (Å²) in [5.41, 5.74) is 1.37. The molecular formula is C16H26N2. The zero-order valence-corrected chi connectivity index (χ0v) is 11.7. The van der Waals surface area contributed by atoms with Crippen LogP contribution in [-0.2, 0) is 0 Å². The van der Waals surface area contributed by atoms with Gasteiger partial charge in [-0.3, -0.25) is 0 Å². The first-order valence-corrected chi connectivity index (χ1v) is 7.29. The Hall–Kier alpha value is -1.02. The fourth-order valence-electron chi connectivity index (χ4n) is 2.59. The van der Waals surface area contributed by atoms with Crippen LogP contribution in [0.1, 0.15) is 33.1 Å². The third-order valence-corrected chi connectivity index (χ3v) is 3.70. The zero-order valence-electron chi connectivity index (χ0n) is 11.7. The normalized spacial score (nSPS) is 20.4. The van der Waals surface area contributed by atoms with E-state index >= 15 is 0 Å². The van der Waals surface area contributed by atoms with Crippen molar-refractivity contribution < 1.29 is 0 Å². The Labute approximate surface area is 111 Å². The number of piperidine rings is 1. The standard InChI is InChI=1S/C16H26N2/c1-14(2)10-11-17-15-7-6-12-18(13-15)16-8-4-3-5-9-16/h3-5,8-9,14-15,17H,6-7,10-13H2,1-2H3. The van der Waals surface area contributed by atoms with Crippen molar-refractivity contribution in [2.75, 3.05) is 24.5 Å². The molecule has 1 heterocycles. The number of benzene rings is 1. The van der Waals surface area contributed by atoms with Crippen molar-refractivity contribution in [3.05, 3.63) is 30.3 Å². The van der Waals surface area contributed by atoms with E-state index in [0.29, 0.717) is 6.04 Å². The number of rotatable bonds is 5. The van der Waals surface area contributed by atoms with Crippen molar-refractivity contribution in [1.82, 2.24) is 5.32 Å². The molecule has 0 aromatic heterocycles. The summed E-state index contributed by atoms with van der Waals surface area (Å²) in [5.74, 6) is 0.798. The molecule has 1 atom stereocenters. The molecule has 2 nitrogen and oxygen atoms in total. The first-order chi connectivity index (χ1) is 8.75. The van der Waals surface area contributed by atoms with Gasteiger partial charge in [0.2, 0.25) is 0 Å². The van der Waals surface area contributed by atoms with Gasteiger partial charge in [0.25, 0.3) is 0 Å². The van der Waals surface area contributed by atoms with E-state index in [-0.39, 0.29) is 0 Å². The van der Waals surface area contributed by atoms with Crippen molar-refractivity contribution in [2.45, 2.75) is 39.2 Å². The SMILES string of the molecule is CC(C)CCNC1CCCN(c2ccccc2)C1. The summed E-state index contributed by atoms with van der Waals surface area (Å²) in [5, 5.41) is 3.71. The summed E-state index contributed by atoms with van der Waals surface area (Å²) >= 11 is 0. The molecule has 0 radical (unpaired) electrons. The molecule has 0 amide bonds. The molecule has 1 saturated heterocycles. The Kier molecular flexibility index (Phi) is 5.06. The molecule has 1 fully saturated rings. The summed E-state index contributed by atoms with van der Waals surface area (Å²) in [4.78, 5) is 2.51. The lowest BCUT2D eigenvalue weighted by atomic mass is 10.0.